The Morgan fingerprint density at radius 1 is 1.19 bits per heavy atom. The first-order valence-corrected chi connectivity index (χ1v) is 9.14. The minimum atomic E-state index is -0.0634. The van der Waals surface area contributed by atoms with Crippen molar-refractivity contribution in [3.63, 3.8) is 0 Å². The van der Waals surface area contributed by atoms with Gasteiger partial charge in [-0.2, -0.15) is 5.10 Å². The maximum absolute atomic E-state index is 12.6. The molecule has 138 valence electrons. The van der Waals surface area contributed by atoms with Crippen molar-refractivity contribution < 1.29 is 4.79 Å². The van der Waals surface area contributed by atoms with Gasteiger partial charge in [0, 0.05) is 36.7 Å². The number of carbonyl (C=O) groups is 1. The Hall–Kier alpha value is -3.22. The highest BCUT2D eigenvalue weighted by Gasteiger charge is 2.23. The van der Waals surface area contributed by atoms with Crippen LogP contribution in [0.3, 0.4) is 0 Å². The van der Waals surface area contributed by atoms with E-state index in [1.807, 2.05) is 48.5 Å². The number of hydrogen-bond acceptors (Lipinski definition) is 4. The summed E-state index contributed by atoms with van der Waals surface area (Å²) < 4.78 is 0. The normalized spacial score (nSPS) is 14.9. The minimum absolute atomic E-state index is 0.0634. The van der Waals surface area contributed by atoms with Crippen LogP contribution in [0.1, 0.15) is 30.1 Å². The highest BCUT2D eigenvalue weighted by molar-refractivity contribution is 5.90. The van der Waals surface area contributed by atoms with Crippen LogP contribution in [0.25, 0.3) is 11.4 Å². The van der Waals surface area contributed by atoms with Crippen molar-refractivity contribution in [2.24, 2.45) is 0 Å². The number of urea groups is 1. The molecule has 7 heteroatoms. The molecule has 3 heterocycles. The van der Waals surface area contributed by atoms with E-state index in [4.69, 9.17) is 0 Å². The topological polar surface area (TPSA) is 86.8 Å². The number of piperidine rings is 1. The number of hydrogen-bond donors (Lipinski definition) is 2. The number of nitrogens with one attached hydrogen (secondary N) is 2. The summed E-state index contributed by atoms with van der Waals surface area (Å²) in [6.07, 6.45) is 5.59. The highest BCUT2D eigenvalue weighted by atomic mass is 16.2. The van der Waals surface area contributed by atoms with Crippen LogP contribution in [0.15, 0.2) is 48.8 Å². The Morgan fingerprint density at radius 2 is 1.96 bits per heavy atom. The Labute approximate surface area is 157 Å². The molecule has 0 atom stereocenters. The van der Waals surface area contributed by atoms with E-state index >= 15 is 0 Å². The number of aromatic amines is 1. The summed E-state index contributed by atoms with van der Waals surface area (Å²) in [5.74, 6) is 1.88. The molecule has 3 aromatic rings. The van der Waals surface area contributed by atoms with E-state index in [0.29, 0.717) is 11.7 Å². The summed E-state index contributed by atoms with van der Waals surface area (Å²) in [6, 6.07) is 11.7. The van der Waals surface area contributed by atoms with Crippen LogP contribution < -0.4 is 5.32 Å². The van der Waals surface area contributed by atoms with Crippen molar-refractivity contribution in [3.05, 3.63) is 60.2 Å². The summed E-state index contributed by atoms with van der Waals surface area (Å²) in [5, 5.41) is 10.0. The van der Waals surface area contributed by atoms with Crippen LogP contribution in [0.4, 0.5) is 10.5 Å². The van der Waals surface area contributed by atoms with Crippen LogP contribution in [0.2, 0.25) is 0 Å². The Bertz CT molecular complexity index is 915. The van der Waals surface area contributed by atoms with E-state index in [0.717, 1.165) is 43.0 Å². The number of carbonyl (C=O) groups excluding carboxylic acids is 1. The van der Waals surface area contributed by atoms with Gasteiger partial charge in [-0.1, -0.05) is 12.1 Å². The van der Waals surface area contributed by atoms with Gasteiger partial charge in [-0.05, 0) is 55.5 Å². The zero-order valence-corrected chi connectivity index (χ0v) is 15.2. The number of rotatable bonds is 3. The summed E-state index contributed by atoms with van der Waals surface area (Å²) in [6.45, 7) is 3.36. The van der Waals surface area contributed by atoms with Crippen LogP contribution >= 0.6 is 0 Å². The molecule has 2 amide bonds. The van der Waals surface area contributed by atoms with Gasteiger partial charge in [0.1, 0.15) is 5.82 Å². The molecule has 0 aliphatic carbocycles. The lowest BCUT2D eigenvalue weighted by Gasteiger charge is -2.32. The molecule has 27 heavy (non-hydrogen) atoms. The van der Waals surface area contributed by atoms with Gasteiger partial charge in [-0.15, -0.1) is 0 Å². The molecular weight excluding hydrogens is 340 g/mol. The molecule has 0 saturated carbocycles. The fourth-order valence-corrected chi connectivity index (χ4v) is 3.46. The van der Waals surface area contributed by atoms with Crippen LogP contribution in [-0.4, -0.2) is 44.2 Å². The third kappa shape index (κ3) is 3.97. The third-order valence-electron chi connectivity index (χ3n) is 4.93. The number of benzene rings is 1. The molecule has 0 radical (unpaired) electrons. The lowest BCUT2D eigenvalue weighted by atomic mass is 9.90. The Morgan fingerprint density at radius 3 is 2.67 bits per heavy atom. The van der Waals surface area contributed by atoms with Crippen molar-refractivity contribution in [2.75, 3.05) is 18.4 Å². The smallest absolute Gasteiger partial charge is 0.321 e. The predicted molar refractivity (Wildman–Crippen MR) is 103 cm³/mol. The number of nitrogens with zero attached hydrogens (tertiary/aromatic N) is 4. The Balaban J connectivity index is 1.37. The first-order valence-electron chi connectivity index (χ1n) is 9.14. The number of pyridine rings is 1. The van der Waals surface area contributed by atoms with Gasteiger partial charge in [0.25, 0.3) is 0 Å². The van der Waals surface area contributed by atoms with E-state index in [9.17, 15) is 4.79 Å². The Kier molecular flexibility index (Phi) is 4.82. The second kappa shape index (κ2) is 7.57. The summed E-state index contributed by atoms with van der Waals surface area (Å²) in [4.78, 5) is 22.9. The van der Waals surface area contributed by atoms with Gasteiger partial charge >= 0.3 is 6.03 Å². The molecule has 2 aromatic heterocycles. The standard InChI is InChI=1S/C20H22N6O/c1-14-22-19(25-24-14)17-3-2-4-18(13-17)23-20(27)26-11-7-16(8-12-26)15-5-9-21-10-6-15/h2-6,9-10,13,16H,7-8,11-12H2,1H3,(H,23,27)(H,22,24,25). The first-order chi connectivity index (χ1) is 13.2. The lowest BCUT2D eigenvalue weighted by molar-refractivity contribution is 0.194. The van der Waals surface area contributed by atoms with Crippen molar-refractivity contribution in [2.45, 2.75) is 25.7 Å². The maximum atomic E-state index is 12.6. The zero-order valence-electron chi connectivity index (χ0n) is 15.2. The number of aromatic nitrogens is 4. The summed E-state index contributed by atoms with van der Waals surface area (Å²) in [7, 11) is 0. The fourth-order valence-electron chi connectivity index (χ4n) is 3.46. The van der Waals surface area contributed by atoms with Gasteiger partial charge in [0.15, 0.2) is 5.82 Å². The molecule has 1 aromatic carbocycles. The van der Waals surface area contributed by atoms with Gasteiger partial charge in [0.2, 0.25) is 0 Å². The molecule has 2 N–H and O–H groups in total. The second-order valence-electron chi connectivity index (χ2n) is 6.80. The molecule has 1 saturated heterocycles. The largest absolute Gasteiger partial charge is 0.324 e. The summed E-state index contributed by atoms with van der Waals surface area (Å²) in [5.41, 5.74) is 2.92. The lowest BCUT2D eigenvalue weighted by Crippen LogP contribution is -2.40. The zero-order chi connectivity index (χ0) is 18.6. The van der Waals surface area contributed by atoms with E-state index in [1.54, 1.807) is 0 Å². The fraction of sp³-hybridized carbons (Fsp3) is 0.300. The van der Waals surface area contributed by atoms with Gasteiger partial charge in [-0.3, -0.25) is 10.1 Å². The van der Waals surface area contributed by atoms with Crippen molar-refractivity contribution >= 4 is 11.7 Å². The van der Waals surface area contributed by atoms with Crippen LogP contribution in [-0.2, 0) is 0 Å². The summed E-state index contributed by atoms with van der Waals surface area (Å²) >= 11 is 0. The molecule has 0 bridgehead atoms. The molecule has 4 rings (SSSR count). The minimum Gasteiger partial charge on any atom is -0.324 e. The van der Waals surface area contributed by atoms with Gasteiger partial charge in [-0.25, -0.2) is 9.78 Å². The molecular formula is C20H22N6O. The molecule has 1 fully saturated rings. The van der Waals surface area contributed by atoms with E-state index in [-0.39, 0.29) is 6.03 Å². The van der Waals surface area contributed by atoms with Gasteiger partial charge in [0.05, 0.1) is 0 Å². The van der Waals surface area contributed by atoms with Gasteiger partial charge < -0.3 is 10.2 Å². The number of aryl methyl sites for hydroxylation is 1. The molecule has 0 unspecified atom stereocenters. The second-order valence-corrected chi connectivity index (χ2v) is 6.80. The number of anilines is 1. The monoisotopic (exact) mass is 362 g/mol. The average molecular weight is 362 g/mol. The molecule has 7 nitrogen and oxygen atoms in total. The van der Waals surface area contributed by atoms with Crippen molar-refractivity contribution in [1.82, 2.24) is 25.1 Å². The third-order valence-corrected chi connectivity index (χ3v) is 4.93. The van der Waals surface area contributed by atoms with Crippen LogP contribution in [0, 0.1) is 6.92 Å². The number of H-pyrrole nitrogens is 1. The van der Waals surface area contributed by atoms with Crippen molar-refractivity contribution in [1.29, 1.82) is 0 Å². The molecule has 1 aliphatic rings. The van der Waals surface area contributed by atoms with Crippen molar-refractivity contribution in [3.8, 4) is 11.4 Å². The predicted octanol–water partition coefficient (Wildman–Crippen LogP) is 3.59. The highest BCUT2D eigenvalue weighted by Crippen LogP contribution is 2.28. The van der Waals surface area contributed by atoms with E-state index in [1.165, 1.54) is 5.56 Å². The molecule has 0 spiro atoms. The maximum Gasteiger partial charge on any atom is 0.321 e. The number of amides is 2. The van der Waals surface area contributed by atoms with E-state index < -0.39 is 0 Å². The quantitative estimate of drug-likeness (QED) is 0.745. The SMILES string of the molecule is Cc1nc(-c2cccc(NC(=O)N3CCC(c4ccncc4)CC3)c2)n[nH]1. The number of likely N-dealkylation sites (tertiary alicyclic amines) is 1. The molecule has 1 aliphatic heterocycles. The van der Waals surface area contributed by atoms with E-state index in [2.05, 4.69) is 37.6 Å². The first kappa shape index (κ1) is 17.2. The average Bonchev–Trinajstić information content (AvgIpc) is 3.15. The van der Waals surface area contributed by atoms with Crippen LogP contribution in [0.5, 0.6) is 0 Å².